The molecule has 0 saturated carbocycles. The zero-order valence-electron chi connectivity index (χ0n) is 13.6. The molecule has 0 unspecified atom stereocenters. The highest BCUT2D eigenvalue weighted by molar-refractivity contribution is 7.17. The first-order chi connectivity index (χ1) is 11.3. The molecule has 1 aliphatic carbocycles. The van der Waals surface area contributed by atoms with Gasteiger partial charge in [0.1, 0.15) is 0 Å². The molecule has 0 radical (unpaired) electrons. The number of nitrogens with two attached hydrogens (primary N) is 1. The van der Waals surface area contributed by atoms with Gasteiger partial charge in [-0.3, -0.25) is 4.40 Å². The summed E-state index contributed by atoms with van der Waals surface area (Å²) in [4.78, 5) is 7.12. The van der Waals surface area contributed by atoms with Crippen LogP contribution in [0.3, 0.4) is 0 Å². The number of hydrogen-bond donors (Lipinski definition) is 1. The van der Waals surface area contributed by atoms with Gasteiger partial charge in [-0.1, -0.05) is 19.1 Å². The highest BCUT2D eigenvalue weighted by Crippen LogP contribution is 2.35. The summed E-state index contributed by atoms with van der Waals surface area (Å²) in [5.41, 5.74) is 12.8. The monoisotopic (exact) mass is 325 g/mol. The highest BCUT2D eigenvalue weighted by atomic mass is 32.1. The van der Waals surface area contributed by atoms with Crippen molar-refractivity contribution in [3.63, 3.8) is 0 Å². The zero-order valence-corrected chi connectivity index (χ0v) is 14.5. The molecule has 0 amide bonds. The van der Waals surface area contributed by atoms with Crippen LogP contribution in [0, 0.1) is 0 Å². The molecular weight excluding hydrogens is 302 g/mol. The Balaban J connectivity index is 1.91. The van der Waals surface area contributed by atoms with E-state index in [-0.39, 0.29) is 0 Å². The number of aromatic nitrogens is 2. The third kappa shape index (κ3) is 2.50. The summed E-state index contributed by atoms with van der Waals surface area (Å²) in [5, 5.41) is 0. The molecule has 3 nitrogen and oxygen atoms in total. The fourth-order valence-electron chi connectivity index (χ4n) is 3.70. The lowest BCUT2D eigenvalue weighted by Crippen LogP contribution is -2.06. The molecule has 0 saturated heterocycles. The number of aryl methyl sites for hydroxylation is 3. The summed E-state index contributed by atoms with van der Waals surface area (Å²) in [5.74, 6) is 0. The molecule has 3 aromatic rings. The average molecular weight is 325 g/mol. The Hall–Kier alpha value is -1.65. The smallest absolute Gasteiger partial charge is 0.194 e. The summed E-state index contributed by atoms with van der Waals surface area (Å²) in [6.45, 7) is 2.89. The lowest BCUT2D eigenvalue weighted by atomic mass is 9.90. The number of hydrogen-bond acceptors (Lipinski definition) is 3. The van der Waals surface area contributed by atoms with Crippen molar-refractivity contribution in [2.75, 3.05) is 6.54 Å². The van der Waals surface area contributed by atoms with Gasteiger partial charge in [-0.05, 0) is 61.4 Å². The minimum absolute atomic E-state index is 0.661. The van der Waals surface area contributed by atoms with E-state index in [9.17, 15) is 0 Å². The van der Waals surface area contributed by atoms with E-state index >= 15 is 0 Å². The van der Waals surface area contributed by atoms with Crippen molar-refractivity contribution in [1.82, 2.24) is 9.38 Å². The Kier molecular flexibility index (Phi) is 3.95. The molecule has 0 bridgehead atoms. The van der Waals surface area contributed by atoms with Crippen LogP contribution in [0.25, 0.3) is 16.2 Å². The third-order valence-corrected chi connectivity index (χ3v) is 6.05. The molecule has 4 heteroatoms. The zero-order chi connectivity index (χ0) is 15.8. The number of rotatable bonds is 4. The van der Waals surface area contributed by atoms with Gasteiger partial charge in [0.05, 0.1) is 11.9 Å². The molecule has 120 valence electrons. The van der Waals surface area contributed by atoms with Gasteiger partial charge in [0.2, 0.25) is 0 Å². The third-order valence-electron chi connectivity index (χ3n) is 4.85. The van der Waals surface area contributed by atoms with Crippen molar-refractivity contribution < 1.29 is 0 Å². The van der Waals surface area contributed by atoms with E-state index < -0.39 is 0 Å². The molecule has 1 aromatic carbocycles. The van der Waals surface area contributed by atoms with Crippen LogP contribution in [0.15, 0.2) is 24.4 Å². The van der Waals surface area contributed by atoms with E-state index in [1.807, 2.05) is 17.5 Å². The van der Waals surface area contributed by atoms with Gasteiger partial charge in [-0.25, -0.2) is 4.98 Å². The van der Waals surface area contributed by atoms with E-state index in [2.05, 4.69) is 34.5 Å². The van der Waals surface area contributed by atoms with Crippen molar-refractivity contribution in [3.05, 3.63) is 46.1 Å². The topological polar surface area (TPSA) is 43.3 Å². The van der Waals surface area contributed by atoms with Crippen LogP contribution in [0.1, 0.15) is 41.5 Å². The van der Waals surface area contributed by atoms with Crippen LogP contribution in [0.4, 0.5) is 0 Å². The maximum atomic E-state index is 5.79. The molecule has 2 N–H and O–H groups in total. The predicted octanol–water partition coefficient (Wildman–Crippen LogP) is 4.01. The molecule has 2 heterocycles. The number of benzene rings is 1. The van der Waals surface area contributed by atoms with Crippen molar-refractivity contribution in [2.24, 2.45) is 5.73 Å². The van der Waals surface area contributed by atoms with Gasteiger partial charge in [-0.2, -0.15) is 0 Å². The van der Waals surface area contributed by atoms with Crippen LogP contribution in [0.5, 0.6) is 0 Å². The second-order valence-electron chi connectivity index (χ2n) is 6.32. The molecule has 0 aliphatic heterocycles. The Labute approximate surface area is 141 Å². The normalized spacial score (nSPS) is 14.3. The largest absolute Gasteiger partial charge is 0.330 e. The Morgan fingerprint density at radius 3 is 2.83 bits per heavy atom. The number of imidazole rings is 1. The van der Waals surface area contributed by atoms with Crippen LogP contribution >= 0.6 is 11.3 Å². The first-order valence-corrected chi connectivity index (χ1v) is 9.43. The summed E-state index contributed by atoms with van der Waals surface area (Å²) in [7, 11) is 0. The fraction of sp³-hybridized carbons (Fsp3) is 0.421. The molecule has 0 atom stereocenters. The van der Waals surface area contributed by atoms with Crippen molar-refractivity contribution in [1.29, 1.82) is 0 Å². The molecule has 23 heavy (non-hydrogen) atoms. The van der Waals surface area contributed by atoms with E-state index in [0.29, 0.717) is 6.54 Å². The summed E-state index contributed by atoms with van der Waals surface area (Å²) >= 11 is 1.81. The quantitative estimate of drug-likeness (QED) is 0.788. The summed E-state index contributed by atoms with van der Waals surface area (Å²) < 4.78 is 2.33. The van der Waals surface area contributed by atoms with Crippen molar-refractivity contribution in [3.8, 4) is 11.3 Å². The van der Waals surface area contributed by atoms with Gasteiger partial charge in [0.25, 0.3) is 0 Å². The summed E-state index contributed by atoms with van der Waals surface area (Å²) in [6, 6.07) is 7.06. The van der Waals surface area contributed by atoms with Gasteiger partial charge in [-0.15, -0.1) is 11.3 Å². The van der Waals surface area contributed by atoms with E-state index in [0.717, 1.165) is 17.8 Å². The number of fused-ring (bicyclic) bond motifs is 2. The van der Waals surface area contributed by atoms with E-state index in [4.69, 9.17) is 5.73 Å². The minimum Gasteiger partial charge on any atom is -0.330 e. The van der Waals surface area contributed by atoms with Crippen LogP contribution in [0.2, 0.25) is 0 Å². The first-order valence-electron chi connectivity index (χ1n) is 8.62. The number of thiazole rings is 1. The van der Waals surface area contributed by atoms with Gasteiger partial charge >= 0.3 is 0 Å². The van der Waals surface area contributed by atoms with E-state index in [1.165, 1.54) is 58.6 Å². The fourth-order valence-corrected chi connectivity index (χ4v) is 4.77. The number of nitrogens with zero attached hydrogens (tertiary/aromatic N) is 2. The predicted molar refractivity (Wildman–Crippen MR) is 97.3 cm³/mol. The second-order valence-corrected chi connectivity index (χ2v) is 7.39. The first kappa shape index (κ1) is 14.9. The lowest BCUT2D eigenvalue weighted by Gasteiger charge is -2.17. The van der Waals surface area contributed by atoms with Crippen molar-refractivity contribution >= 4 is 16.3 Å². The molecular formula is C19H23N3S. The maximum Gasteiger partial charge on any atom is 0.194 e. The lowest BCUT2D eigenvalue weighted by molar-refractivity contribution is 0.686. The average Bonchev–Trinajstić information content (AvgIpc) is 3.14. The Morgan fingerprint density at radius 1 is 1.22 bits per heavy atom. The van der Waals surface area contributed by atoms with Crippen LogP contribution in [-0.4, -0.2) is 15.9 Å². The molecule has 2 aromatic heterocycles. The SMILES string of the molecule is CCc1sc2ncc(CCN)n2c1-c1ccc2c(c1)CCCC2. The molecule has 0 fully saturated rings. The highest BCUT2D eigenvalue weighted by Gasteiger charge is 2.18. The molecule has 4 rings (SSSR count). The van der Waals surface area contributed by atoms with Gasteiger partial charge in [0, 0.05) is 17.0 Å². The standard InChI is InChI=1S/C19H23N3S/c1-2-17-18(22-16(9-10-20)12-21-19(22)23-17)15-8-7-13-5-3-4-6-14(13)11-15/h7-8,11-12H,2-6,9-10,20H2,1H3. The van der Waals surface area contributed by atoms with E-state index in [1.54, 1.807) is 0 Å². The van der Waals surface area contributed by atoms with Gasteiger partial charge < -0.3 is 5.73 Å². The Morgan fingerprint density at radius 2 is 2.04 bits per heavy atom. The minimum atomic E-state index is 0.661. The molecule has 1 aliphatic rings. The van der Waals surface area contributed by atoms with Crippen LogP contribution in [-0.2, 0) is 25.7 Å². The molecule has 0 spiro atoms. The summed E-state index contributed by atoms with van der Waals surface area (Å²) in [6.07, 6.45) is 9.01. The van der Waals surface area contributed by atoms with Crippen molar-refractivity contribution in [2.45, 2.75) is 45.4 Å². The van der Waals surface area contributed by atoms with Gasteiger partial charge in [0.15, 0.2) is 4.96 Å². The maximum absolute atomic E-state index is 5.79. The second kappa shape index (κ2) is 6.10. The Bertz CT molecular complexity index is 844. The van der Waals surface area contributed by atoms with Crippen LogP contribution < -0.4 is 5.73 Å².